The van der Waals surface area contributed by atoms with Crippen molar-refractivity contribution in [1.29, 1.82) is 0 Å². The summed E-state index contributed by atoms with van der Waals surface area (Å²) in [5, 5.41) is 14.0. The van der Waals surface area contributed by atoms with Crippen LogP contribution >= 0.6 is 15.9 Å². The van der Waals surface area contributed by atoms with Crippen LogP contribution in [0.15, 0.2) is 22.8 Å². The lowest BCUT2D eigenvalue weighted by Gasteiger charge is -1.94. The average Bonchev–Trinajstić information content (AvgIpc) is 2.55. The van der Waals surface area contributed by atoms with Crippen molar-refractivity contribution in [3.8, 4) is 0 Å². The Kier molecular flexibility index (Phi) is 2.48. The Bertz CT molecular complexity index is 533. The van der Waals surface area contributed by atoms with Crippen molar-refractivity contribution in [3.63, 3.8) is 0 Å². The maximum absolute atomic E-state index is 10.8. The number of aromatic nitrogens is 2. The highest BCUT2D eigenvalue weighted by atomic mass is 79.9. The summed E-state index contributed by atoms with van der Waals surface area (Å²) in [6.45, 7) is 2.73. The van der Waals surface area contributed by atoms with E-state index in [0.29, 0.717) is 5.52 Å². The van der Waals surface area contributed by atoms with Gasteiger partial charge in [-0.05, 0) is 41.1 Å². The molecule has 0 unspecified atom stereocenters. The van der Waals surface area contributed by atoms with E-state index in [2.05, 4.69) is 21.0 Å². The topological polar surface area (TPSA) is 55.1 Å². The Morgan fingerprint density at radius 2 is 2.33 bits per heavy atom. The van der Waals surface area contributed by atoms with Gasteiger partial charge in [-0.15, -0.1) is 0 Å². The number of carboxylic acids is 1. The fourth-order valence-corrected chi connectivity index (χ4v) is 2.11. The van der Waals surface area contributed by atoms with Crippen molar-refractivity contribution in [2.75, 3.05) is 0 Å². The molecule has 0 aliphatic heterocycles. The smallest absolute Gasteiger partial charge is 0.335 e. The summed E-state index contributed by atoms with van der Waals surface area (Å²) in [6, 6.07) is 4.92. The van der Waals surface area contributed by atoms with E-state index in [-0.39, 0.29) is 5.56 Å². The lowest BCUT2D eigenvalue weighted by molar-refractivity contribution is 0.0697. The molecule has 78 valence electrons. The van der Waals surface area contributed by atoms with E-state index in [1.165, 1.54) is 0 Å². The molecule has 0 radical (unpaired) electrons. The monoisotopic (exact) mass is 268 g/mol. The van der Waals surface area contributed by atoms with Gasteiger partial charge < -0.3 is 5.11 Å². The van der Waals surface area contributed by atoms with Gasteiger partial charge >= 0.3 is 5.97 Å². The van der Waals surface area contributed by atoms with Crippen LogP contribution in [-0.2, 0) is 6.54 Å². The van der Waals surface area contributed by atoms with Crippen molar-refractivity contribution < 1.29 is 9.90 Å². The zero-order valence-corrected chi connectivity index (χ0v) is 9.65. The first-order valence-electron chi connectivity index (χ1n) is 4.53. The predicted octanol–water partition coefficient (Wildman–Crippen LogP) is 2.52. The number of benzene rings is 1. The van der Waals surface area contributed by atoms with Gasteiger partial charge in [0.1, 0.15) is 4.60 Å². The molecule has 0 atom stereocenters. The molecule has 1 aromatic heterocycles. The maximum Gasteiger partial charge on any atom is 0.335 e. The molecule has 0 saturated carbocycles. The number of hydrogen-bond acceptors (Lipinski definition) is 2. The normalized spacial score (nSPS) is 10.8. The fraction of sp³-hybridized carbons (Fsp3) is 0.200. The van der Waals surface area contributed by atoms with Crippen LogP contribution in [0.25, 0.3) is 10.9 Å². The number of halogens is 1. The van der Waals surface area contributed by atoms with Gasteiger partial charge in [0.05, 0.1) is 11.1 Å². The molecule has 0 aliphatic rings. The summed E-state index contributed by atoms with van der Waals surface area (Å²) < 4.78 is 2.67. The Labute approximate surface area is 94.6 Å². The van der Waals surface area contributed by atoms with Gasteiger partial charge in [-0.3, -0.25) is 4.68 Å². The van der Waals surface area contributed by atoms with E-state index in [4.69, 9.17) is 5.11 Å². The van der Waals surface area contributed by atoms with Crippen LogP contribution in [0.5, 0.6) is 0 Å². The number of nitrogens with zero attached hydrogens (tertiary/aromatic N) is 2. The highest BCUT2D eigenvalue weighted by Gasteiger charge is 2.10. The first-order chi connectivity index (χ1) is 7.13. The molecule has 0 saturated heterocycles. The quantitative estimate of drug-likeness (QED) is 0.911. The van der Waals surface area contributed by atoms with Crippen molar-refractivity contribution in [2.45, 2.75) is 13.5 Å². The fourth-order valence-electron chi connectivity index (χ4n) is 1.44. The molecule has 1 aromatic carbocycles. The number of carboxylic acid groups (broad SMARTS) is 1. The third kappa shape index (κ3) is 1.63. The molecule has 1 heterocycles. The number of aryl methyl sites for hydroxylation is 1. The zero-order valence-electron chi connectivity index (χ0n) is 8.07. The molecule has 2 aromatic rings. The average molecular weight is 269 g/mol. The van der Waals surface area contributed by atoms with Crippen molar-refractivity contribution in [1.82, 2.24) is 9.78 Å². The highest BCUT2D eigenvalue weighted by molar-refractivity contribution is 9.10. The third-order valence-corrected chi connectivity index (χ3v) is 3.06. The van der Waals surface area contributed by atoms with Crippen LogP contribution in [-0.4, -0.2) is 20.9 Å². The number of aromatic carboxylic acids is 1. The minimum Gasteiger partial charge on any atom is -0.478 e. The van der Waals surface area contributed by atoms with Crippen LogP contribution in [0.4, 0.5) is 0 Å². The van der Waals surface area contributed by atoms with Gasteiger partial charge in [0.25, 0.3) is 0 Å². The molecule has 0 spiro atoms. The summed E-state index contributed by atoms with van der Waals surface area (Å²) in [4.78, 5) is 10.8. The minimum absolute atomic E-state index is 0.260. The SMILES string of the molecule is CCn1nc2cc(C(=O)O)ccc2c1Br. The highest BCUT2D eigenvalue weighted by Crippen LogP contribution is 2.24. The van der Waals surface area contributed by atoms with Crippen LogP contribution in [0, 0.1) is 0 Å². The van der Waals surface area contributed by atoms with E-state index < -0.39 is 5.97 Å². The largest absolute Gasteiger partial charge is 0.478 e. The van der Waals surface area contributed by atoms with Gasteiger partial charge in [0.15, 0.2) is 0 Å². The standard InChI is InChI=1S/C10H9BrN2O2/c1-2-13-9(11)7-4-3-6(10(14)15)5-8(7)12-13/h3-5H,2H2,1H3,(H,14,15). The summed E-state index contributed by atoms with van der Waals surface area (Å²) >= 11 is 3.43. The number of rotatable bonds is 2. The summed E-state index contributed by atoms with van der Waals surface area (Å²) in [7, 11) is 0. The number of fused-ring (bicyclic) bond motifs is 1. The van der Waals surface area contributed by atoms with E-state index in [9.17, 15) is 4.79 Å². The third-order valence-electron chi connectivity index (χ3n) is 2.22. The van der Waals surface area contributed by atoms with Crippen LogP contribution in [0.1, 0.15) is 17.3 Å². The van der Waals surface area contributed by atoms with E-state index in [1.807, 2.05) is 6.92 Å². The van der Waals surface area contributed by atoms with Gasteiger partial charge in [-0.25, -0.2) is 4.79 Å². The van der Waals surface area contributed by atoms with Crippen molar-refractivity contribution in [2.24, 2.45) is 0 Å². The Morgan fingerprint density at radius 1 is 1.60 bits per heavy atom. The molecule has 0 amide bonds. The van der Waals surface area contributed by atoms with Gasteiger partial charge in [0, 0.05) is 11.9 Å². The lowest BCUT2D eigenvalue weighted by atomic mass is 10.2. The molecule has 0 bridgehead atoms. The van der Waals surface area contributed by atoms with Crippen LogP contribution in [0.3, 0.4) is 0 Å². The van der Waals surface area contributed by atoms with Crippen LogP contribution in [0.2, 0.25) is 0 Å². The lowest BCUT2D eigenvalue weighted by Crippen LogP contribution is -1.96. The maximum atomic E-state index is 10.8. The minimum atomic E-state index is -0.931. The molecule has 5 heteroatoms. The summed E-state index contributed by atoms with van der Waals surface area (Å²) in [5.74, 6) is -0.931. The summed E-state index contributed by atoms with van der Waals surface area (Å²) in [6.07, 6.45) is 0. The molecule has 0 aliphatic carbocycles. The molecule has 4 nitrogen and oxygen atoms in total. The second kappa shape index (κ2) is 3.66. The van der Waals surface area contributed by atoms with E-state index in [0.717, 1.165) is 16.5 Å². The van der Waals surface area contributed by atoms with Crippen molar-refractivity contribution >= 4 is 32.8 Å². The molecule has 2 rings (SSSR count). The second-order valence-corrected chi connectivity index (χ2v) is 3.89. The Balaban J connectivity index is 2.68. The molecular weight excluding hydrogens is 260 g/mol. The second-order valence-electron chi connectivity index (χ2n) is 3.14. The molecule has 1 N–H and O–H groups in total. The molecular formula is C10H9BrN2O2. The van der Waals surface area contributed by atoms with Gasteiger partial charge in [-0.1, -0.05) is 0 Å². The number of hydrogen-bond donors (Lipinski definition) is 1. The molecule has 0 fully saturated rings. The number of carbonyl (C=O) groups is 1. The predicted molar refractivity (Wildman–Crippen MR) is 60.1 cm³/mol. The van der Waals surface area contributed by atoms with Crippen molar-refractivity contribution in [3.05, 3.63) is 28.4 Å². The Hall–Kier alpha value is -1.36. The van der Waals surface area contributed by atoms with Crippen LogP contribution < -0.4 is 0 Å². The van der Waals surface area contributed by atoms with Gasteiger partial charge in [0.2, 0.25) is 0 Å². The Morgan fingerprint density at radius 3 is 2.93 bits per heavy atom. The summed E-state index contributed by atoms with van der Waals surface area (Å²) in [5.41, 5.74) is 0.958. The zero-order chi connectivity index (χ0) is 11.0. The first-order valence-corrected chi connectivity index (χ1v) is 5.32. The molecule has 15 heavy (non-hydrogen) atoms. The van der Waals surface area contributed by atoms with E-state index >= 15 is 0 Å². The first kappa shape index (κ1) is 10.2. The van der Waals surface area contributed by atoms with E-state index in [1.54, 1.807) is 22.9 Å². The van der Waals surface area contributed by atoms with Gasteiger partial charge in [-0.2, -0.15) is 5.10 Å².